The Morgan fingerprint density at radius 1 is 1.11 bits per heavy atom. The number of anilines is 1. The van der Waals surface area contributed by atoms with Gasteiger partial charge in [-0.2, -0.15) is 0 Å². The Labute approximate surface area is 173 Å². The molecule has 0 saturated heterocycles. The molecule has 1 amide bonds. The Kier molecular flexibility index (Phi) is 5.36. The van der Waals surface area contributed by atoms with E-state index in [-0.39, 0.29) is 18.3 Å². The number of ether oxygens (including phenoxy) is 1. The van der Waals surface area contributed by atoms with Crippen LogP contribution in [0.15, 0.2) is 71.2 Å². The Hall–Kier alpha value is -2.77. The number of nitrogens with zero attached hydrogens (tertiary/aromatic N) is 1. The smallest absolute Gasteiger partial charge is 0.262 e. The van der Waals surface area contributed by atoms with E-state index in [0.717, 1.165) is 20.8 Å². The largest absolute Gasteiger partial charge is 0.481 e. The summed E-state index contributed by atoms with van der Waals surface area (Å²) in [6.07, 6.45) is 0. The van der Waals surface area contributed by atoms with Crippen molar-refractivity contribution in [2.75, 3.05) is 11.9 Å². The maximum Gasteiger partial charge on any atom is 0.262 e. The van der Waals surface area contributed by atoms with E-state index in [1.807, 2.05) is 42.5 Å². The molecular formula is C21H14BrFN2O2S. The van der Waals surface area contributed by atoms with Crippen LogP contribution < -0.4 is 10.1 Å². The molecule has 0 fully saturated rings. The van der Waals surface area contributed by atoms with E-state index in [1.165, 1.54) is 12.1 Å². The molecule has 0 aliphatic rings. The van der Waals surface area contributed by atoms with Gasteiger partial charge in [0.1, 0.15) is 5.01 Å². The minimum absolute atomic E-state index is 0.0257. The Morgan fingerprint density at radius 2 is 1.89 bits per heavy atom. The van der Waals surface area contributed by atoms with E-state index in [0.29, 0.717) is 10.2 Å². The third kappa shape index (κ3) is 4.05. The monoisotopic (exact) mass is 456 g/mol. The number of halogens is 2. The zero-order valence-electron chi connectivity index (χ0n) is 14.5. The number of carbonyl (C=O) groups is 1. The standard InChI is InChI=1S/C21H14BrFN2O2S/c22-13-9-10-18(15(23)11-13)27-12-20(26)24-16-6-2-1-5-14(16)21-25-17-7-3-4-8-19(17)28-21/h1-11H,12H2,(H,24,26). The summed E-state index contributed by atoms with van der Waals surface area (Å²) >= 11 is 4.74. The van der Waals surface area contributed by atoms with E-state index in [4.69, 9.17) is 4.74 Å². The van der Waals surface area contributed by atoms with Gasteiger partial charge < -0.3 is 10.1 Å². The van der Waals surface area contributed by atoms with Gasteiger partial charge in [0.05, 0.1) is 15.9 Å². The lowest BCUT2D eigenvalue weighted by atomic mass is 10.2. The van der Waals surface area contributed by atoms with Crippen molar-refractivity contribution in [3.63, 3.8) is 0 Å². The van der Waals surface area contributed by atoms with E-state index < -0.39 is 5.82 Å². The van der Waals surface area contributed by atoms with E-state index >= 15 is 0 Å². The molecule has 0 aliphatic carbocycles. The molecule has 4 aromatic rings. The van der Waals surface area contributed by atoms with Gasteiger partial charge in [0, 0.05) is 10.0 Å². The maximum atomic E-state index is 13.8. The van der Waals surface area contributed by atoms with Gasteiger partial charge in [-0.1, -0.05) is 40.2 Å². The molecule has 0 unspecified atom stereocenters. The van der Waals surface area contributed by atoms with Gasteiger partial charge in [-0.25, -0.2) is 9.37 Å². The van der Waals surface area contributed by atoms with Gasteiger partial charge in [-0.05, 0) is 42.5 Å². The Morgan fingerprint density at radius 3 is 2.71 bits per heavy atom. The second-order valence-corrected chi connectivity index (χ2v) is 7.89. The lowest BCUT2D eigenvalue weighted by Gasteiger charge is -2.11. The summed E-state index contributed by atoms with van der Waals surface area (Å²) < 4.78 is 20.8. The van der Waals surface area contributed by atoms with Crippen molar-refractivity contribution < 1.29 is 13.9 Å². The molecule has 4 nitrogen and oxygen atoms in total. The average molecular weight is 457 g/mol. The number of aromatic nitrogens is 1. The molecule has 4 rings (SSSR count). The van der Waals surface area contributed by atoms with E-state index in [2.05, 4.69) is 26.2 Å². The van der Waals surface area contributed by atoms with Gasteiger partial charge in [-0.3, -0.25) is 4.79 Å². The summed E-state index contributed by atoms with van der Waals surface area (Å²) in [6, 6.07) is 19.7. The highest BCUT2D eigenvalue weighted by molar-refractivity contribution is 9.10. The van der Waals surface area contributed by atoms with Crippen LogP contribution in [0.4, 0.5) is 10.1 Å². The van der Waals surface area contributed by atoms with Crippen LogP contribution in [-0.4, -0.2) is 17.5 Å². The predicted molar refractivity (Wildman–Crippen MR) is 113 cm³/mol. The number of thiazole rings is 1. The van der Waals surface area contributed by atoms with Crippen LogP contribution in [0.2, 0.25) is 0 Å². The third-order valence-electron chi connectivity index (χ3n) is 3.98. The van der Waals surface area contributed by atoms with Crippen molar-refractivity contribution in [1.29, 1.82) is 0 Å². The van der Waals surface area contributed by atoms with Crippen molar-refractivity contribution in [2.45, 2.75) is 0 Å². The molecule has 0 radical (unpaired) electrons. The van der Waals surface area contributed by atoms with E-state index in [1.54, 1.807) is 23.5 Å². The lowest BCUT2D eigenvalue weighted by molar-refractivity contribution is -0.118. The van der Waals surface area contributed by atoms with Crippen molar-refractivity contribution in [2.24, 2.45) is 0 Å². The van der Waals surface area contributed by atoms with E-state index in [9.17, 15) is 9.18 Å². The van der Waals surface area contributed by atoms with Crippen LogP contribution in [0, 0.1) is 5.82 Å². The third-order valence-corrected chi connectivity index (χ3v) is 5.54. The van der Waals surface area contributed by atoms with Gasteiger partial charge in [0.2, 0.25) is 0 Å². The second-order valence-electron chi connectivity index (χ2n) is 5.94. The molecule has 1 heterocycles. The van der Waals surface area contributed by atoms with Crippen LogP contribution >= 0.6 is 27.3 Å². The normalized spacial score (nSPS) is 10.8. The maximum absolute atomic E-state index is 13.8. The molecule has 1 N–H and O–H groups in total. The number of benzene rings is 3. The summed E-state index contributed by atoms with van der Waals surface area (Å²) in [6.45, 7) is -0.299. The molecule has 0 spiro atoms. The summed E-state index contributed by atoms with van der Waals surface area (Å²) in [5, 5.41) is 3.64. The van der Waals surface area contributed by atoms with Crippen LogP contribution in [0.1, 0.15) is 0 Å². The van der Waals surface area contributed by atoms with Gasteiger partial charge in [0.25, 0.3) is 5.91 Å². The highest BCUT2D eigenvalue weighted by Crippen LogP contribution is 2.34. The average Bonchev–Trinajstić information content (AvgIpc) is 3.12. The number of hydrogen-bond acceptors (Lipinski definition) is 4. The molecule has 28 heavy (non-hydrogen) atoms. The highest BCUT2D eigenvalue weighted by atomic mass is 79.9. The zero-order chi connectivity index (χ0) is 19.5. The molecule has 3 aromatic carbocycles. The van der Waals surface area contributed by atoms with Crippen LogP contribution in [0.25, 0.3) is 20.8 Å². The fourth-order valence-electron chi connectivity index (χ4n) is 2.69. The van der Waals surface area contributed by atoms with Crippen LogP contribution in [-0.2, 0) is 4.79 Å². The minimum Gasteiger partial charge on any atom is -0.481 e. The number of nitrogens with one attached hydrogen (secondary N) is 1. The fourth-order valence-corrected chi connectivity index (χ4v) is 4.03. The van der Waals surface area contributed by atoms with Gasteiger partial charge >= 0.3 is 0 Å². The van der Waals surface area contributed by atoms with Crippen LogP contribution in [0.3, 0.4) is 0 Å². The van der Waals surface area contributed by atoms with Crippen LogP contribution in [0.5, 0.6) is 5.75 Å². The number of para-hydroxylation sites is 2. The first-order valence-electron chi connectivity index (χ1n) is 8.43. The number of amides is 1. The molecule has 140 valence electrons. The molecule has 0 aliphatic heterocycles. The topological polar surface area (TPSA) is 51.2 Å². The van der Waals surface area contributed by atoms with Gasteiger partial charge in [-0.15, -0.1) is 11.3 Å². The van der Waals surface area contributed by atoms with Crippen molar-refractivity contribution in [1.82, 2.24) is 4.98 Å². The quantitative estimate of drug-likeness (QED) is 0.407. The summed E-state index contributed by atoms with van der Waals surface area (Å²) in [7, 11) is 0. The molecule has 7 heteroatoms. The fraction of sp³-hybridized carbons (Fsp3) is 0.0476. The summed E-state index contributed by atoms with van der Waals surface area (Å²) in [4.78, 5) is 17.0. The first-order valence-corrected chi connectivity index (χ1v) is 10.0. The predicted octanol–water partition coefficient (Wildman–Crippen LogP) is 5.88. The van der Waals surface area contributed by atoms with Crippen molar-refractivity contribution in [3.05, 3.63) is 77.0 Å². The highest BCUT2D eigenvalue weighted by Gasteiger charge is 2.13. The molecule has 0 atom stereocenters. The molecule has 1 aromatic heterocycles. The number of hydrogen-bond donors (Lipinski definition) is 1. The number of carbonyl (C=O) groups excluding carboxylic acids is 1. The molecule has 0 bridgehead atoms. The first-order chi connectivity index (χ1) is 13.6. The zero-order valence-corrected chi connectivity index (χ0v) is 16.9. The SMILES string of the molecule is O=C(COc1ccc(Br)cc1F)Nc1ccccc1-c1nc2ccccc2s1. The molecule has 0 saturated carbocycles. The summed E-state index contributed by atoms with van der Waals surface area (Å²) in [5.74, 6) is -0.884. The number of rotatable bonds is 5. The van der Waals surface area contributed by atoms with Crippen molar-refractivity contribution >= 4 is 49.1 Å². The minimum atomic E-state index is -0.531. The lowest BCUT2D eigenvalue weighted by Crippen LogP contribution is -2.20. The van der Waals surface area contributed by atoms with Gasteiger partial charge in [0.15, 0.2) is 18.2 Å². The number of fused-ring (bicyclic) bond motifs is 1. The Balaban J connectivity index is 1.51. The summed E-state index contributed by atoms with van der Waals surface area (Å²) in [5.41, 5.74) is 2.37. The molecular weight excluding hydrogens is 443 g/mol. The second kappa shape index (κ2) is 8.08. The van der Waals surface area contributed by atoms with Crippen molar-refractivity contribution in [3.8, 4) is 16.3 Å². The Bertz CT molecular complexity index is 1130. The first kappa shape index (κ1) is 18.6.